The van der Waals surface area contributed by atoms with E-state index in [2.05, 4.69) is 6.07 Å². The van der Waals surface area contributed by atoms with Crippen LogP contribution in [0.3, 0.4) is 0 Å². The summed E-state index contributed by atoms with van der Waals surface area (Å²) in [6.45, 7) is 2.42. The molecule has 1 aromatic rings. The number of anilines is 1. The summed E-state index contributed by atoms with van der Waals surface area (Å²) in [4.78, 5) is 29.2. The number of benzene rings is 1. The molecule has 5 heteroatoms. The van der Waals surface area contributed by atoms with E-state index in [0.717, 1.165) is 43.7 Å². The SMILES string of the molecule is O=C(CN1C(=O)CCc2ccccc21)N(CC1CCC1)C[C@H]1CCCO1. The Labute approximate surface area is 155 Å². The van der Waals surface area contributed by atoms with Gasteiger partial charge < -0.3 is 14.5 Å². The first-order valence-corrected chi connectivity index (χ1v) is 9.98. The monoisotopic (exact) mass is 356 g/mol. The van der Waals surface area contributed by atoms with Crippen LogP contribution in [0.2, 0.25) is 0 Å². The summed E-state index contributed by atoms with van der Waals surface area (Å²) in [5, 5.41) is 0. The Morgan fingerprint density at radius 2 is 1.96 bits per heavy atom. The van der Waals surface area contributed by atoms with Gasteiger partial charge in [0.05, 0.1) is 6.10 Å². The Morgan fingerprint density at radius 3 is 2.69 bits per heavy atom. The maximum atomic E-state index is 13.1. The van der Waals surface area contributed by atoms with Crippen molar-refractivity contribution < 1.29 is 14.3 Å². The second kappa shape index (κ2) is 7.78. The van der Waals surface area contributed by atoms with E-state index in [1.54, 1.807) is 4.90 Å². The van der Waals surface area contributed by atoms with Gasteiger partial charge in [0.15, 0.2) is 0 Å². The van der Waals surface area contributed by atoms with Crippen molar-refractivity contribution in [2.75, 3.05) is 31.1 Å². The van der Waals surface area contributed by atoms with Crippen LogP contribution in [-0.4, -0.2) is 49.1 Å². The number of nitrogens with zero attached hydrogens (tertiary/aromatic N) is 2. The maximum Gasteiger partial charge on any atom is 0.242 e. The van der Waals surface area contributed by atoms with Gasteiger partial charge in [-0.3, -0.25) is 9.59 Å². The van der Waals surface area contributed by atoms with Crippen molar-refractivity contribution in [3.05, 3.63) is 29.8 Å². The second-order valence-electron chi connectivity index (χ2n) is 7.84. The van der Waals surface area contributed by atoms with Crippen molar-refractivity contribution in [3.8, 4) is 0 Å². The lowest BCUT2D eigenvalue weighted by Gasteiger charge is -2.36. The molecule has 1 aliphatic carbocycles. The van der Waals surface area contributed by atoms with Crippen molar-refractivity contribution in [3.63, 3.8) is 0 Å². The molecule has 3 aliphatic rings. The fraction of sp³-hybridized carbons (Fsp3) is 0.619. The molecule has 26 heavy (non-hydrogen) atoms. The number of rotatable bonds is 6. The van der Waals surface area contributed by atoms with E-state index >= 15 is 0 Å². The molecule has 140 valence electrons. The van der Waals surface area contributed by atoms with Gasteiger partial charge in [0.1, 0.15) is 6.54 Å². The predicted molar refractivity (Wildman–Crippen MR) is 100 cm³/mol. The quantitative estimate of drug-likeness (QED) is 0.787. The summed E-state index contributed by atoms with van der Waals surface area (Å²) in [5.74, 6) is 0.722. The zero-order valence-corrected chi connectivity index (χ0v) is 15.4. The molecule has 1 saturated heterocycles. The largest absolute Gasteiger partial charge is 0.376 e. The van der Waals surface area contributed by atoms with Crippen molar-refractivity contribution in [1.29, 1.82) is 0 Å². The van der Waals surface area contributed by atoms with Gasteiger partial charge in [0.25, 0.3) is 0 Å². The number of hydrogen-bond donors (Lipinski definition) is 0. The van der Waals surface area contributed by atoms with Crippen LogP contribution in [0, 0.1) is 5.92 Å². The number of ether oxygens (including phenoxy) is 1. The summed E-state index contributed by atoms with van der Waals surface area (Å²) in [7, 11) is 0. The highest BCUT2D eigenvalue weighted by atomic mass is 16.5. The Kier molecular flexibility index (Phi) is 5.25. The van der Waals surface area contributed by atoms with Crippen molar-refractivity contribution in [2.24, 2.45) is 5.92 Å². The summed E-state index contributed by atoms with van der Waals surface area (Å²) >= 11 is 0. The van der Waals surface area contributed by atoms with Crippen molar-refractivity contribution in [2.45, 2.75) is 51.0 Å². The predicted octanol–water partition coefficient (Wildman–Crippen LogP) is 2.77. The number of hydrogen-bond acceptors (Lipinski definition) is 3. The Hall–Kier alpha value is -1.88. The average Bonchev–Trinajstić information content (AvgIpc) is 3.12. The number of carbonyl (C=O) groups is 2. The van der Waals surface area contributed by atoms with Gasteiger partial charge in [-0.25, -0.2) is 0 Å². The van der Waals surface area contributed by atoms with E-state index in [0.29, 0.717) is 18.9 Å². The molecule has 0 spiro atoms. The molecule has 1 aromatic carbocycles. The van der Waals surface area contributed by atoms with Gasteiger partial charge in [0.2, 0.25) is 11.8 Å². The van der Waals surface area contributed by atoms with Gasteiger partial charge in [-0.1, -0.05) is 24.6 Å². The third kappa shape index (κ3) is 3.78. The molecule has 0 N–H and O–H groups in total. The molecular formula is C21H28N2O3. The van der Waals surface area contributed by atoms with Crippen molar-refractivity contribution in [1.82, 2.24) is 4.90 Å². The molecule has 2 fully saturated rings. The van der Waals surface area contributed by atoms with E-state index in [-0.39, 0.29) is 24.5 Å². The molecule has 1 saturated carbocycles. The van der Waals surface area contributed by atoms with Crippen LogP contribution in [0.25, 0.3) is 0 Å². The van der Waals surface area contributed by atoms with Gasteiger partial charge in [-0.2, -0.15) is 0 Å². The third-order valence-corrected chi connectivity index (χ3v) is 5.99. The fourth-order valence-corrected chi connectivity index (χ4v) is 4.20. The first-order valence-electron chi connectivity index (χ1n) is 9.98. The van der Waals surface area contributed by atoms with E-state index in [1.807, 2.05) is 23.1 Å². The molecule has 1 atom stereocenters. The smallest absolute Gasteiger partial charge is 0.242 e. The van der Waals surface area contributed by atoms with Crippen LogP contribution < -0.4 is 4.90 Å². The zero-order valence-electron chi connectivity index (χ0n) is 15.4. The summed E-state index contributed by atoms with van der Waals surface area (Å²) in [5.41, 5.74) is 2.06. The molecule has 0 unspecified atom stereocenters. The minimum atomic E-state index is 0.0532. The molecule has 2 aliphatic heterocycles. The van der Waals surface area contributed by atoms with Crippen molar-refractivity contribution >= 4 is 17.5 Å². The fourth-order valence-electron chi connectivity index (χ4n) is 4.20. The normalized spacial score (nSPS) is 22.8. The highest BCUT2D eigenvalue weighted by Crippen LogP contribution is 2.29. The highest BCUT2D eigenvalue weighted by molar-refractivity contribution is 6.01. The van der Waals surface area contributed by atoms with E-state index in [9.17, 15) is 9.59 Å². The molecule has 0 bridgehead atoms. The number of para-hydroxylation sites is 1. The molecule has 0 radical (unpaired) electrons. The molecular weight excluding hydrogens is 328 g/mol. The molecule has 4 rings (SSSR count). The van der Waals surface area contributed by atoms with E-state index in [4.69, 9.17) is 4.74 Å². The molecule has 2 amide bonds. The Bertz CT molecular complexity index is 665. The Balaban J connectivity index is 1.47. The summed E-state index contributed by atoms with van der Waals surface area (Å²) in [6, 6.07) is 7.94. The zero-order chi connectivity index (χ0) is 17.9. The van der Waals surface area contributed by atoms with Crippen LogP contribution in [0.1, 0.15) is 44.1 Å². The first-order chi connectivity index (χ1) is 12.7. The minimum Gasteiger partial charge on any atom is -0.376 e. The number of carbonyl (C=O) groups excluding carboxylic acids is 2. The van der Waals surface area contributed by atoms with Crippen LogP contribution in [0.5, 0.6) is 0 Å². The van der Waals surface area contributed by atoms with E-state index in [1.165, 1.54) is 19.3 Å². The van der Waals surface area contributed by atoms with E-state index < -0.39 is 0 Å². The van der Waals surface area contributed by atoms with Gasteiger partial charge in [0, 0.05) is 31.8 Å². The van der Waals surface area contributed by atoms with Gasteiger partial charge >= 0.3 is 0 Å². The molecule has 0 aromatic heterocycles. The number of fused-ring (bicyclic) bond motifs is 1. The maximum absolute atomic E-state index is 13.1. The van der Waals surface area contributed by atoms with Gasteiger partial charge in [-0.05, 0) is 49.7 Å². The highest BCUT2D eigenvalue weighted by Gasteiger charge is 2.31. The molecule has 2 heterocycles. The van der Waals surface area contributed by atoms with Crippen LogP contribution >= 0.6 is 0 Å². The third-order valence-electron chi connectivity index (χ3n) is 5.99. The van der Waals surface area contributed by atoms with Crippen LogP contribution in [-0.2, 0) is 20.7 Å². The lowest BCUT2D eigenvalue weighted by Crippen LogP contribution is -2.48. The standard InChI is InChI=1S/C21H28N2O3/c24-20-11-10-17-7-1-2-9-19(17)23(20)15-21(25)22(13-16-5-3-6-16)14-18-8-4-12-26-18/h1-2,7,9,16,18H,3-6,8,10-15H2/t18-/m1/s1. The molecule has 5 nitrogen and oxygen atoms in total. The van der Waals surface area contributed by atoms with Gasteiger partial charge in [-0.15, -0.1) is 0 Å². The average molecular weight is 356 g/mol. The lowest BCUT2D eigenvalue weighted by molar-refractivity contribution is -0.134. The first kappa shape index (κ1) is 17.5. The topological polar surface area (TPSA) is 49.9 Å². The van der Waals surface area contributed by atoms with Crippen LogP contribution in [0.4, 0.5) is 5.69 Å². The number of amides is 2. The van der Waals surface area contributed by atoms with Crippen LogP contribution in [0.15, 0.2) is 24.3 Å². The minimum absolute atomic E-state index is 0.0532. The second-order valence-corrected chi connectivity index (χ2v) is 7.84. The summed E-state index contributed by atoms with van der Waals surface area (Å²) < 4.78 is 5.76. The number of aryl methyl sites for hydroxylation is 1. The Morgan fingerprint density at radius 1 is 1.12 bits per heavy atom. The summed E-state index contributed by atoms with van der Waals surface area (Å²) in [6.07, 6.45) is 7.20. The lowest BCUT2D eigenvalue weighted by atomic mass is 9.85.